The summed E-state index contributed by atoms with van der Waals surface area (Å²) >= 11 is 0. The summed E-state index contributed by atoms with van der Waals surface area (Å²) in [7, 11) is 0. The molecule has 1 aromatic carbocycles. The van der Waals surface area contributed by atoms with Crippen LogP contribution in [0.25, 0.3) is 0 Å². The fourth-order valence-electron chi connectivity index (χ4n) is 4.32. The van der Waals surface area contributed by atoms with E-state index in [1.54, 1.807) is 24.3 Å². The molecule has 3 heterocycles. The molecule has 170 valence electrons. The third-order valence-corrected chi connectivity index (χ3v) is 6.32. The molecule has 1 aromatic heterocycles. The van der Waals surface area contributed by atoms with E-state index in [0.717, 1.165) is 24.6 Å². The number of benzene rings is 1. The van der Waals surface area contributed by atoms with Gasteiger partial charge < -0.3 is 4.90 Å². The van der Waals surface area contributed by atoms with Gasteiger partial charge in [-0.3, -0.25) is 14.5 Å². The van der Waals surface area contributed by atoms with Crippen LogP contribution in [-0.4, -0.2) is 65.0 Å². The summed E-state index contributed by atoms with van der Waals surface area (Å²) in [6.45, 7) is 8.98. The number of carbonyl (C=O) groups is 2. The number of rotatable bonds is 4. The van der Waals surface area contributed by atoms with Crippen molar-refractivity contribution in [2.45, 2.75) is 32.7 Å². The molecular formula is C24H25FN6O2. The largest absolute Gasteiger partial charge is 0.333 e. The minimum absolute atomic E-state index is 0.0668. The third kappa shape index (κ3) is 4.10. The average Bonchev–Trinajstić information content (AvgIpc) is 3.21. The Labute approximate surface area is 191 Å². The zero-order chi connectivity index (χ0) is 23.7. The van der Waals surface area contributed by atoms with Crippen molar-refractivity contribution in [1.29, 1.82) is 5.26 Å². The van der Waals surface area contributed by atoms with Gasteiger partial charge in [0.15, 0.2) is 5.82 Å². The van der Waals surface area contributed by atoms with Crippen molar-refractivity contribution in [2.75, 3.05) is 31.2 Å². The number of pyridine rings is 1. The maximum atomic E-state index is 14.4. The summed E-state index contributed by atoms with van der Waals surface area (Å²) in [5.74, 6) is -1.59. The van der Waals surface area contributed by atoms with Crippen LogP contribution in [0.5, 0.6) is 0 Å². The van der Waals surface area contributed by atoms with Crippen LogP contribution in [0.4, 0.5) is 10.2 Å². The minimum Gasteiger partial charge on any atom is -0.333 e. The number of carbonyl (C=O) groups excluding carboxylic acids is 2. The lowest BCUT2D eigenvalue weighted by Gasteiger charge is -2.39. The lowest BCUT2D eigenvalue weighted by molar-refractivity contribution is -0.118. The number of hydrazone groups is 1. The number of piperazine rings is 1. The summed E-state index contributed by atoms with van der Waals surface area (Å²) in [5, 5.41) is 14.3. The van der Waals surface area contributed by atoms with Crippen LogP contribution in [0.2, 0.25) is 0 Å². The lowest BCUT2D eigenvalue weighted by Crippen LogP contribution is -2.53. The zero-order valence-corrected chi connectivity index (χ0v) is 18.8. The smallest absolute Gasteiger partial charge is 0.261 e. The molecular weight excluding hydrogens is 423 g/mol. The van der Waals surface area contributed by atoms with Crippen molar-refractivity contribution in [1.82, 2.24) is 14.8 Å². The predicted molar refractivity (Wildman–Crippen MR) is 121 cm³/mol. The van der Waals surface area contributed by atoms with Gasteiger partial charge in [-0.15, -0.1) is 0 Å². The van der Waals surface area contributed by atoms with Crippen molar-refractivity contribution in [3.8, 4) is 6.07 Å². The molecule has 2 amide bonds. The maximum absolute atomic E-state index is 14.4. The van der Waals surface area contributed by atoms with Gasteiger partial charge in [0.05, 0.1) is 11.1 Å². The first-order chi connectivity index (χ1) is 15.8. The van der Waals surface area contributed by atoms with E-state index < -0.39 is 11.7 Å². The van der Waals surface area contributed by atoms with Crippen molar-refractivity contribution in [3.63, 3.8) is 0 Å². The summed E-state index contributed by atoms with van der Waals surface area (Å²) < 4.78 is 14.4. The molecule has 0 N–H and O–H groups in total. The number of amides is 2. The van der Waals surface area contributed by atoms with E-state index in [1.165, 1.54) is 25.4 Å². The van der Waals surface area contributed by atoms with Crippen LogP contribution >= 0.6 is 0 Å². The number of halogens is 1. The highest BCUT2D eigenvalue weighted by atomic mass is 19.1. The average molecular weight is 449 g/mol. The molecule has 2 aromatic rings. The van der Waals surface area contributed by atoms with Crippen molar-refractivity contribution in [3.05, 3.63) is 58.5 Å². The van der Waals surface area contributed by atoms with E-state index in [-0.39, 0.29) is 34.8 Å². The molecule has 0 spiro atoms. The second-order valence-corrected chi connectivity index (χ2v) is 8.29. The maximum Gasteiger partial charge on any atom is 0.261 e. The molecule has 0 radical (unpaired) electrons. The predicted octanol–water partition coefficient (Wildman–Crippen LogP) is 2.68. The van der Waals surface area contributed by atoms with E-state index in [2.05, 4.69) is 21.9 Å². The van der Waals surface area contributed by atoms with Crippen LogP contribution in [0.15, 0.2) is 35.6 Å². The Balaban J connectivity index is 1.49. The highest BCUT2D eigenvalue weighted by Gasteiger charge is 2.34. The Morgan fingerprint density at radius 2 is 2.06 bits per heavy atom. The zero-order valence-electron chi connectivity index (χ0n) is 18.8. The first kappa shape index (κ1) is 22.6. The van der Waals surface area contributed by atoms with Crippen LogP contribution in [0.3, 0.4) is 0 Å². The van der Waals surface area contributed by atoms with Gasteiger partial charge in [-0.25, -0.2) is 9.37 Å². The van der Waals surface area contributed by atoms with Gasteiger partial charge in [-0.05, 0) is 49.7 Å². The Morgan fingerprint density at radius 1 is 1.27 bits per heavy atom. The second kappa shape index (κ2) is 9.08. The minimum atomic E-state index is -0.772. The number of hydrogen-bond acceptors (Lipinski definition) is 6. The monoisotopic (exact) mass is 448 g/mol. The molecule has 8 nitrogen and oxygen atoms in total. The van der Waals surface area contributed by atoms with E-state index in [4.69, 9.17) is 5.26 Å². The summed E-state index contributed by atoms with van der Waals surface area (Å²) in [6.07, 6.45) is 2.89. The Bertz CT molecular complexity index is 1160. The Morgan fingerprint density at radius 3 is 2.70 bits per heavy atom. The van der Waals surface area contributed by atoms with Crippen LogP contribution in [0, 0.1) is 24.1 Å². The first-order valence-electron chi connectivity index (χ1n) is 10.9. The van der Waals surface area contributed by atoms with Gasteiger partial charge in [0.2, 0.25) is 0 Å². The summed E-state index contributed by atoms with van der Waals surface area (Å²) in [6, 6.07) is 8.07. The van der Waals surface area contributed by atoms with E-state index in [0.29, 0.717) is 17.7 Å². The lowest BCUT2D eigenvalue weighted by atomic mass is 9.93. The molecule has 9 heteroatoms. The highest BCUT2D eigenvalue weighted by molar-refractivity contribution is 6.12. The SMILES string of the molecule is CCN1CCN(C(=O)c2ccc(N3N=CC(c4ccc(C#N)c(F)c4C)C3=O)nc2)[C@H](C)C1. The fourth-order valence-corrected chi connectivity index (χ4v) is 4.32. The van der Waals surface area contributed by atoms with Crippen molar-refractivity contribution < 1.29 is 14.0 Å². The number of anilines is 1. The molecule has 2 aliphatic heterocycles. The normalized spacial score (nSPS) is 20.9. The van der Waals surface area contributed by atoms with Crippen molar-refractivity contribution in [2.24, 2.45) is 5.10 Å². The van der Waals surface area contributed by atoms with Crippen LogP contribution < -0.4 is 5.01 Å². The standard InChI is InChI=1S/C24H25FN6O2/c1-4-29-9-10-30(15(2)14-29)23(32)18-6-8-21(27-12-18)31-24(33)20(13-28-31)19-7-5-17(11-26)22(25)16(19)3/h5-8,12-13,15,20H,4,9-10,14H2,1-3H3/t15-,20?/m1/s1. The highest BCUT2D eigenvalue weighted by Crippen LogP contribution is 2.30. The van der Waals surface area contributed by atoms with E-state index in [9.17, 15) is 14.0 Å². The number of nitriles is 1. The molecule has 1 unspecified atom stereocenters. The molecule has 0 saturated carbocycles. The van der Waals surface area contributed by atoms with Gasteiger partial charge >= 0.3 is 0 Å². The number of aromatic nitrogens is 1. The quantitative estimate of drug-likeness (QED) is 0.717. The molecule has 2 aliphatic rings. The Kier molecular flexibility index (Phi) is 6.20. The van der Waals surface area contributed by atoms with Gasteiger partial charge in [0.1, 0.15) is 17.8 Å². The van der Waals surface area contributed by atoms with Gasteiger partial charge in [-0.2, -0.15) is 15.4 Å². The number of nitrogens with zero attached hydrogens (tertiary/aromatic N) is 6. The first-order valence-corrected chi connectivity index (χ1v) is 10.9. The molecule has 2 atom stereocenters. The number of hydrogen-bond donors (Lipinski definition) is 0. The van der Waals surface area contributed by atoms with Gasteiger partial charge in [0, 0.05) is 38.1 Å². The van der Waals surface area contributed by atoms with E-state index in [1.807, 2.05) is 11.8 Å². The molecule has 0 bridgehead atoms. The van der Waals surface area contributed by atoms with Gasteiger partial charge in [0.25, 0.3) is 11.8 Å². The van der Waals surface area contributed by atoms with E-state index >= 15 is 0 Å². The van der Waals surface area contributed by atoms with Crippen molar-refractivity contribution >= 4 is 23.8 Å². The molecule has 1 fully saturated rings. The topological polar surface area (TPSA) is 92.9 Å². The molecule has 0 aliphatic carbocycles. The fraction of sp³-hybridized carbons (Fsp3) is 0.375. The second-order valence-electron chi connectivity index (χ2n) is 8.29. The number of likely N-dealkylation sites (N-methyl/N-ethyl adjacent to an activating group) is 1. The van der Waals surface area contributed by atoms with Crippen LogP contribution in [-0.2, 0) is 4.79 Å². The third-order valence-electron chi connectivity index (χ3n) is 6.32. The van der Waals surface area contributed by atoms with Gasteiger partial charge in [-0.1, -0.05) is 13.0 Å². The Hall–Kier alpha value is -3.64. The molecule has 33 heavy (non-hydrogen) atoms. The van der Waals surface area contributed by atoms with Crippen LogP contribution in [0.1, 0.15) is 46.8 Å². The summed E-state index contributed by atoms with van der Waals surface area (Å²) in [5.41, 5.74) is 1.08. The molecule has 1 saturated heterocycles. The molecule has 4 rings (SSSR count). The summed E-state index contributed by atoms with van der Waals surface area (Å²) in [4.78, 5) is 34.4.